The molecule has 3 rings (SSSR count). The third-order valence-corrected chi connectivity index (χ3v) is 5.52. The van der Waals surface area contributed by atoms with Crippen molar-refractivity contribution in [2.75, 3.05) is 26.2 Å². The van der Waals surface area contributed by atoms with Crippen molar-refractivity contribution in [1.82, 2.24) is 10.2 Å². The highest BCUT2D eigenvalue weighted by Gasteiger charge is 2.50. The lowest BCUT2D eigenvalue weighted by molar-refractivity contribution is -0.130. The quantitative estimate of drug-likeness (QED) is 0.597. The average molecular weight is 308 g/mol. The number of nitrogens with zero attached hydrogens (tertiary/aromatic N) is 1. The number of piperidine rings is 1. The van der Waals surface area contributed by atoms with Crippen LogP contribution < -0.4 is 5.32 Å². The Morgan fingerprint density at radius 1 is 1.10 bits per heavy atom. The summed E-state index contributed by atoms with van der Waals surface area (Å²) < 4.78 is 0. The lowest BCUT2D eigenvalue weighted by Crippen LogP contribution is -2.43. The number of likely N-dealkylation sites (tertiary alicyclic amines) is 1. The van der Waals surface area contributed by atoms with Crippen LogP contribution in [0.2, 0.25) is 0 Å². The number of thiol groups is 1. The monoisotopic (exact) mass is 308 g/mol. The van der Waals surface area contributed by atoms with Crippen molar-refractivity contribution in [2.45, 2.75) is 25.7 Å². The van der Waals surface area contributed by atoms with Gasteiger partial charge in [-0.05, 0) is 44.2 Å². The molecule has 0 aromatic carbocycles. The van der Waals surface area contributed by atoms with Crippen LogP contribution in [0.15, 0.2) is 12.2 Å². The molecule has 1 saturated carbocycles. The van der Waals surface area contributed by atoms with Crippen LogP contribution in [0, 0.1) is 23.7 Å². The van der Waals surface area contributed by atoms with Crippen LogP contribution in [0.3, 0.4) is 0 Å². The van der Waals surface area contributed by atoms with Gasteiger partial charge < -0.3 is 10.2 Å². The van der Waals surface area contributed by atoms with E-state index in [2.05, 4.69) is 35.0 Å². The molecule has 4 unspecified atom stereocenters. The molecule has 0 aromatic heterocycles. The molecule has 4 nitrogen and oxygen atoms in total. The fraction of sp³-hybridized carbons (Fsp3) is 0.750. The first-order chi connectivity index (χ1) is 10.2. The van der Waals surface area contributed by atoms with Gasteiger partial charge in [-0.3, -0.25) is 9.59 Å². The summed E-state index contributed by atoms with van der Waals surface area (Å²) in [5.74, 6) is 0.0601. The third kappa shape index (κ3) is 3.19. The maximum Gasteiger partial charge on any atom is 0.224 e. The largest absolute Gasteiger partial charge is 0.355 e. The van der Waals surface area contributed by atoms with Gasteiger partial charge in [-0.25, -0.2) is 0 Å². The van der Waals surface area contributed by atoms with Crippen molar-refractivity contribution in [3.8, 4) is 0 Å². The lowest BCUT2D eigenvalue weighted by atomic mass is 9.83. The molecular formula is C16H24N2O2S. The molecule has 1 saturated heterocycles. The standard InChI is InChI=1S/C16H24N2O2S/c19-15(17-6-9-18-7-2-1-3-8-18)13-11-4-5-12(10-11)14(13)16(20)21/h4-5,11-14H,1-3,6-10H2,(H,17,19)(H,20,21). The lowest BCUT2D eigenvalue weighted by Gasteiger charge is -2.28. The van der Waals surface area contributed by atoms with Crippen molar-refractivity contribution in [3.05, 3.63) is 12.2 Å². The topological polar surface area (TPSA) is 49.4 Å². The fourth-order valence-electron chi connectivity index (χ4n) is 4.15. The molecule has 3 aliphatic rings. The Morgan fingerprint density at radius 3 is 2.43 bits per heavy atom. The van der Waals surface area contributed by atoms with Crippen LogP contribution in [-0.4, -0.2) is 42.1 Å². The van der Waals surface area contributed by atoms with E-state index in [0.717, 1.165) is 26.1 Å². The van der Waals surface area contributed by atoms with Crippen molar-refractivity contribution < 1.29 is 9.59 Å². The van der Waals surface area contributed by atoms with Crippen LogP contribution >= 0.6 is 12.6 Å². The van der Waals surface area contributed by atoms with Gasteiger partial charge in [0.25, 0.3) is 0 Å². The maximum absolute atomic E-state index is 12.4. The Morgan fingerprint density at radius 2 is 1.76 bits per heavy atom. The van der Waals surface area contributed by atoms with Gasteiger partial charge in [0.05, 0.1) is 5.92 Å². The van der Waals surface area contributed by atoms with Crippen LogP contribution in [0.1, 0.15) is 25.7 Å². The summed E-state index contributed by atoms with van der Waals surface area (Å²) in [4.78, 5) is 26.6. The van der Waals surface area contributed by atoms with E-state index in [1.165, 1.54) is 19.3 Å². The van der Waals surface area contributed by atoms with Crippen LogP contribution in [0.5, 0.6) is 0 Å². The summed E-state index contributed by atoms with van der Waals surface area (Å²) >= 11 is 3.99. The zero-order valence-electron chi connectivity index (χ0n) is 12.3. The number of carbonyl (C=O) groups excluding carboxylic acids is 2. The van der Waals surface area contributed by atoms with Crippen molar-refractivity contribution >= 4 is 23.7 Å². The summed E-state index contributed by atoms with van der Waals surface area (Å²) in [6.45, 7) is 3.89. The molecule has 1 heterocycles. The molecule has 21 heavy (non-hydrogen) atoms. The normalized spacial score (nSPS) is 35.1. The van der Waals surface area contributed by atoms with Gasteiger partial charge in [0.2, 0.25) is 5.91 Å². The Hall–Kier alpha value is -0.810. The van der Waals surface area contributed by atoms with Gasteiger partial charge in [-0.15, -0.1) is 12.6 Å². The number of allylic oxidation sites excluding steroid dienone is 2. The van der Waals surface area contributed by atoms with Crippen LogP contribution in [-0.2, 0) is 9.59 Å². The van der Waals surface area contributed by atoms with E-state index in [1.54, 1.807) is 0 Å². The molecule has 4 atom stereocenters. The first-order valence-corrected chi connectivity index (χ1v) is 8.53. The second kappa shape index (κ2) is 6.53. The maximum atomic E-state index is 12.4. The minimum atomic E-state index is -0.224. The van der Waals surface area contributed by atoms with Crippen molar-refractivity contribution in [2.24, 2.45) is 23.7 Å². The average Bonchev–Trinajstić information content (AvgIpc) is 3.08. The number of rotatable bonds is 5. The van der Waals surface area contributed by atoms with E-state index in [1.807, 2.05) is 0 Å². The van der Waals surface area contributed by atoms with E-state index in [0.29, 0.717) is 6.54 Å². The van der Waals surface area contributed by atoms with Gasteiger partial charge in [0, 0.05) is 19.0 Å². The molecule has 1 N–H and O–H groups in total. The zero-order chi connectivity index (χ0) is 14.8. The van der Waals surface area contributed by atoms with Gasteiger partial charge >= 0.3 is 0 Å². The van der Waals surface area contributed by atoms with Crippen molar-refractivity contribution in [1.29, 1.82) is 0 Å². The van der Waals surface area contributed by atoms with Gasteiger partial charge in [-0.1, -0.05) is 18.6 Å². The first kappa shape index (κ1) is 15.1. The molecule has 2 bridgehead atoms. The molecular weight excluding hydrogens is 284 g/mol. The third-order valence-electron chi connectivity index (χ3n) is 5.22. The fourth-order valence-corrected chi connectivity index (χ4v) is 4.51. The Labute approximate surface area is 131 Å². The van der Waals surface area contributed by atoms with E-state index < -0.39 is 0 Å². The number of hydrogen-bond donors (Lipinski definition) is 2. The summed E-state index contributed by atoms with van der Waals surface area (Å²) in [6.07, 6.45) is 8.98. The predicted molar refractivity (Wildman–Crippen MR) is 85.0 cm³/mol. The van der Waals surface area contributed by atoms with E-state index in [4.69, 9.17) is 0 Å². The molecule has 5 heteroatoms. The molecule has 0 radical (unpaired) electrons. The molecule has 1 amide bonds. The highest BCUT2D eigenvalue weighted by Crippen LogP contribution is 2.48. The highest BCUT2D eigenvalue weighted by atomic mass is 32.1. The second-order valence-electron chi connectivity index (χ2n) is 6.53. The van der Waals surface area contributed by atoms with E-state index >= 15 is 0 Å². The minimum Gasteiger partial charge on any atom is -0.355 e. The Kier molecular flexibility index (Phi) is 4.69. The molecule has 2 fully saturated rings. The van der Waals surface area contributed by atoms with Crippen LogP contribution in [0.4, 0.5) is 0 Å². The van der Waals surface area contributed by atoms with Crippen molar-refractivity contribution in [3.63, 3.8) is 0 Å². The smallest absolute Gasteiger partial charge is 0.224 e. The minimum absolute atomic E-state index is 0.0382. The molecule has 2 aliphatic carbocycles. The Balaban J connectivity index is 1.50. The number of carbonyl (C=O) groups is 2. The summed E-state index contributed by atoms with van der Waals surface area (Å²) in [5, 5.41) is 2.90. The molecule has 1 aliphatic heterocycles. The second-order valence-corrected chi connectivity index (χ2v) is 6.97. The number of hydrogen-bond acceptors (Lipinski definition) is 3. The van der Waals surface area contributed by atoms with E-state index in [9.17, 15) is 9.59 Å². The number of amides is 1. The number of fused-ring (bicyclic) bond motifs is 2. The van der Waals surface area contributed by atoms with Gasteiger partial charge in [0.1, 0.15) is 0 Å². The van der Waals surface area contributed by atoms with Crippen LogP contribution in [0.25, 0.3) is 0 Å². The molecule has 0 aromatic rings. The predicted octanol–water partition coefficient (Wildman–Crippen LogP) is 1.48. The SMILES string of the molecule is O=C(S)C1C2C=CC(C2)C1C(=O)NCCN1CCCCC1. The summed E-state index contributed by atoms with van der Waals surface area (Å²) in [7, 11) is 0. The number of nitrogens with one attached hydrogen (secondary N) is 1. The van der Waals surface area contributed by atoms with Gasteiger partial charge in [-0.2, -0.15) is 0 Å². The first-order valence-electron chi connectivity index (χ1n) is 8.08. The zero-order valence-corrected chi connectivity index (χ0v) is 13.2. The van der Waals surface area contributed by atoms with E-state index in [-0.39, 0.29) is 34.7 Å². The summed E-state index contributed by atoms with van der Waals surface area (Å²) in [6, 6.07) is 0. The molecule has 0 spiro atoms. The van der Waals surface area contributed by atoms with Gasteiger partial charge in [0.15, 0.2) is 5.12 Å². The highest BCUT2D eigenvalue weighted by molar-refractivity contribution is 7.96. The Bertz CT molecular complexity index is 446. The summed E-state index contributed by atoms with van der Waals surface area (Å²) in [5.41, 5.74) is 0. The molecule has 116 valence electrons.